The van der Waals surface area contributed by atoms with Gasteiger partial charge in [0, 0.05) is 24.7 Å². The summed E-state index contributed by atoms with van der Waals surface area (Å²) in [4.78, 5) is 34.6. The Hall–Kier alpha value is -4.26. The number of carbonyl (C=O) groups excluding carboxylic acids is 1. The number of para-hydroxylation sites is 1. The van der Waals surface area contributed by atoms with Crippen LogP contribution in [0, 0.1) is 6.92 Å². The molecule has 3 heterocycles. The van der Waals surface area contributed by atoms with Crippen LogP contribution in [0.2, 0.25) is 0 Å². The SMILES string of the molecule is Cc1ccc2nc(-c3ccccc3)c(NC(=O)CCn3cnc4ccccc4c3=O)n2c1. The molecule has 1 amide bonds. The molecule has 0 fully saturated rings. The number of nitrogens with one attached hydrogen (secondary N) is 1. The second-order valence-corrected chi connectivity index (χ2v) is 7.67. The third-order valence-corrected chi connectivity index (χ3v) is 5.38. The standard InChI is InChI=1S/C25H21N5O2/c1-17-11-12-21-27-23(18-7-3-2-4-8-18)24(30(21)15-17)28-22(31)13-14-29-16-26-20-10-6-5-9-19(20)25(29)32/h2-12,15-16H,13-14H2,1H3,(H,28,31). The summed E-state index contributed by atoms with van der Waals surface area (Å²) >= 11 is 0. The summed E-state index contributed by atoms with van der Waals surface area (Å²) in [5, 5.41) is 3.55. The summed E-state index contributed by atoms with van der Waals surface area (Å²) in [5.74, 6) is 0.412. The Labute approximate surface area is 184 Å². The minimum absolute atomic E-state index is 0.132. The van der Waals surface area contributed by atoms with Crippen molar-refractivity contribution in [2.24, 2.45) is 0 Å². The molecule has 3 aromatic heterocycles. The number of anilines is 1. The molecule has 158 valence electrons. The van der Waals surface area contributed by atoms with Gasteiger partial charge in [-0.25, -0.2) is 9.97 Å². The number of hydrogen-bond donors (Lipinski definition) is 1. The molecule has 0 aliphatic rings. The number of aromatic nitrogens is 4. The zero-order chi connectivity index (χ0) is 22.1. The lowest BCUT2D eigenvalue weighted by Crippen LogP contribution is -2.24. The Bertz CT molecular complexity index is 1500. The Morgan fingerprint density at radius 3 is 2.62 bits per heavy atom. The highest BCUT2D eigenvalue weighted by molar-refractivity contribution is 5.94. The Morgan fingerprint density at radius 1 is 1.00 bits per heavy atom. The minimum Gasteiger partial charge on any atom is -0.310 e. The molecule has 7 nitrogen and oxygen atoms in total. The van der Waals surface area contributed by atoms with E-state index in [1.807, 2.05) is 66.1 Å². The van der Waals surface area contributed by atoms with Gasteiger partial charge in [-0.3, -0.25) is 18.6 Å². The van der Waals surface area contributed by atoms with E-state index in [1.54, 1.807) is 18.2 Å². The zero-order valence-electron chi connectivity index (χ0n) is 17.5. The fourth-order valence-electron chi connectivity index (χ4n) is 3.75. The molecule has 0 radical (unpaired) electrons. The lowest BCUT2D eigenvalue weighted by atomic mass is 10.1. The fourth-order valence-corrected chi connectivity index (χ4v) is 3.75. The van der Waals surface area contributed by atoms with Gasteiger partial charge in [0.25, 0.3) is 5.56 Å². The molecular weight excluding hydrogens is 402 g/mol. The average molecular weight is 423 g/mol. The number of amides is 1. The second kappa shape index (κ2) is 8.11. The predicted molar refractivity (Wildman–Crippen MR) is 125 cm³/mol. The molecule has 0 unspecified atom stereocenters. The van der Waals surface area contributed by atoms with Crippen LogP contribution in [0.4, 0.5) is 5.82 Å². The van der Waals surface area contributed by atoms with E-state index >= 15 is 0 Å². The smallest absolute Gasteiger partial charge is 0.261 e. The van der Waals surface area contributed by atoms with Crippen molar-refractivity contribution in [1.82, 2.24) is 18.9 Å². The van der Waals surface area contributed by atoms with Gasteiger partial charge >= 0.3 is 0 Å². The topological polar surface area (TPSA) is 81.3 Å². The molecule has 0 saturated carbocycles. The fraction of sp³-hybridized carbons (Fsp3) is 0.120. The summed E-state index contributed by atoms with van der Waals surface area (Å²) in [5.41, 5.74) is 3.91. The summed E-state index contributed by atoms with van der Waals surface area (Å²) in [6, 6.07) is 20.9. The van der Waals surface area contributed by atoms with Crippen LogP contribution in [-0.4, -0.2) is 24.8 Å². The van der Waals surface area contributed by atoms with E-state index in [-0.39, 0.29) is 24.4 Å². The van der Waals surface area contributed by atoms with Crippen LogP contribution in [0.15, 0.2) is 84.0 Å². The van der Waals surface area contributed by atoms with Gasteiger partial charge in [-0.15, -0.1) is 0 Å². The molecule has 5 aromatic rings. The Morgan fingerprint density at radius 2 is 1.78 bits per heavy atom. The van der Waals surface area contributed by atoms with Gasteiger partial charge in [-0.05, 0) is 30.7 Å². The number of rotatable bonds is 5. The number of benzene rings is 2. The highest BCUT2D eigenvalue weighted by Crippen LogP contribution is 2.29. The molecule has 0 aliphatic carbocycles. The maximum atomic E-state index is 12.9. The van der Waals surface area contributed by atoms with Crippen molar-refractivity contribution in [3.63, 3.8) is 0 Å². The van der Waals surface area contributed by atoms with Gasteiger partial charge in [-0.2, -0.15) is 0 Å². The zero-order valence-corrected chi connectivity index (χ0v) is 17.5. The molecule has 7 heteroatoms. The summed E-state index contributed by atoms with van der Waals surface area (Å²) in [6.07, 6.45) is 3.57. The van der Waals surface area contributed by atoms with E-state index in [9.17, 15) is 9.59 Å². The van der Waals surface area contributed by atoms with Crippen LogP contribution in [0.1, 0.15) is 12.0 Å². The van der Waals surface area contributed by atoms with Crippen LogP contribution in [0.25, 0.3) is 27.8 Å². The molecule has 0 bridgehead atoms. The monoisotopic (exact) mass is 423 g/mol. The molecule has 0 aliphatic heterocycles. The molecule has 2 aromatic carbocycles. The van der Waals surface area contributed by atoms with Gasteiger partial charge in [0.2, 0.25) is 5.91 Å². The highest BCUT2D eigenvalue weighted by Gasteiger charge is 2.17. The second-order valence-electron chi connectivity index (χ2n) is 7.67. The van der Waals surface area contributed by atoms with Gasteiger partial charge < -0.3 is 5.32 Å². The van der Waals surface area contributed by atoms with Crippen molar-refractivity contribution in [3.8, 4) is 11.3 Å². The van der Waals surface area contributed by atoms with Crippen molar-refractivity contribution in [1.29, 1.82) is 0 Å². The van der Waals surface area contributed by atoms with Crippen LogP contribution < -0.4 is 10.9 Å². The van der Waals surface area contributed by atoms with E-state index < -0.39 is 0 Å². The normalized spacial score (nSPS) is 11.2. The molecule has 0 saturated heterocycles. The minimum atomic E-state index is -0.203. The number of pyridine rings is 1. The van der Waals surface area contributed by atoms with Crippen LogP contribution in [-0.2, 0) is 11.3 Å². The van der Waals surface area contributed by atoms with Gasteiger partial charge in [-0.1, -0.05) is 48.5 Å². The van der Waals surface area contributed by atoms with Crippen molar-refractivity contribution in [2.75, 3.05) is 5.32 Å². The number of carbonyl (C=O) groups is 1. The predicted octanol–water partition coefficient (Wildman–Crippen LogP) is 4.05. The Balaban J connectivity index is 1.43. The first-order valence-electron chi connectivity index (χ1n) is 10.4. The number of fused-ring (bicyclic) bond motifs is 2. The van der Waals surface area contributed by atoms with Crippen LogP contribution in [0.5, 0.6) is 0 Å². The first kappa shape index (κ1) is 19.7. The van der Waals surface area contributed by atoms with Crippen molar-refractivity contribution in [2.45, 2.75) is 19.9 Å². The maximum Gasteiger partial charge on any atom is 0.261 e. The highest BCUT2D eigenvalue weighted by atomic mass is 16.2. The average Bonchev–Trinajstić information content (AvgIpc) is 3.17. The molecule has 0 atom stereocenters. The number of aryl methyl sites for hydroxylation is 2. The summed E-state index contributed by atoms with van der Waals surface area (Å²) in [6.45, 7) is 2.23. The molecule has 32 heavy (non-hydrogen) atoms. The van der Waals surface area contributed by atoms with Gasteiger partial charge in [0.05, 0.1) is 17.2 Å². The molecular formula is C25H21N5O2. The van der Waals surface area contributed by atoms with Crippen molar-refractivity contribution in [3.05, 3.63) is 95.2 Å². The van der Waals surface area contributed by atoms with Crippen LogP contribution in [0.3, 0.4) is 0 Å². The van der Waals surface area contributed by atoms with E-state index in [0.29, 0.717) is 22.4 Å². The first-order chi connectivity index (χ1) is 15.6. The molecule has 0 spiro atoms. The number of imidazole rings is 1. The van der Waals surface area contributed by atoms with E-state index in [1.165, 1.54) is 10.9 Å². The summed E-state index contributed by atoms with van der Waals surface area (Å²) in [7, 11) is 0. The van der Waals surface area contributed by atoms with E-state index in [2.05, 4.69) is 10.3 Å². The maximum absolute atomic E-state index is 12.9. The molecule has 5 rings (SSSR count). The van der Waals surface area contributed by atoms with E-state index in [0.717, 1.165) is 16.8 Å². The number of hydrogen-bond acceptors (Lipinski definition) is 4. The largest absolute Gasteiger partial charge is 0.310 e. The van der Waals surface area contributed by atoms with Gasteiger partial charge in [0.15, 0.2) is 0 Å². The number of nitrogens with zero attached hydrogens (tertiary/aromatic N) is 4. The van der Waals surface area contributed by atoms with Crippen molar-refractivity contribution < 1.29 is 4.79 Å². The lowest BCUT2D eigenvalue weighted by Gasteiger charge is -2.10. The molecule has 1 N–H and O–H groups in total. The van der Waals surface area contributed by atoms with Gasteiger partial charge in [0.1, 0.15) is 17.2 Å². The van der Waals surface area contributed by atoms with Crippen molar-refractivity contribution >= 4 is 28.3 Å². The lowest BCUT2D eigenvalue weighted by molar-refractivity contribution is -0.116. The van der Waals surface area contributed by atoms with E-state index in [4.69, 9.17) is 4.98 Å². The third-order valence-electron chi connectivity index (χ3n) is 5.38. The summed E-state index contributed by atoms with van der Waals surface area (Å²) < 4.78 is 3.36. The Kier molecular flexibility index (Phi) is 4.99. The van der Waals surface area contributed by atoms with Crippen LogP contribution >= 0.6 is 0 Å². The quantitative estimate of drug-likeness (QED) is 0.462. The first-order valence-corrected chi connectivity index (χ1v) is 10.4. The third kappa shape index (κ3) is 3.65.